The van der Waals surface area contributed by atoms with E-state index >= 15 is 0 Å². The van der Waals surface area contributed by atoms with E-state index in [0.29, 0.717) is 0 Å². The van der Waals surface area contributed by atoms with Crippen molar-refractivity contribution in [3.63, 3.8) is 0 Å². The topological polar surface area (TPSA) is 32.3 Å². The molecule has 100 valence electrons. The maximum absolute atomic E-state index is 12.5. The molecule has 0 aromatic heterocycles. The van der Waals surface area contributed by atoms with Crippen LogP contribution in [0.2, 0.25) is 5.02 Å². The highest BCUT2D eigenvalue weighted by Crippen LogP contribution is 2.33. The first-order valence-corrected chi connectivity index (χ1v) is 5.40. The Kier molecular flexibility index (Phi) is 4.45. The largest absolute Gasteiger partial charge is 0.416 e. The Bertz CT molecular complexity index is 446. The van der Waals surface area contributed by atoms with E-state index in [2.05, 4.69) is 5.32 Å². The molecule has 1 aromatic carbocycles. The molecular formula is C11H12ClF3N2O. The molecule has 18 heavy (non-hydrogen) atoms. The summed E-state index contributed by atoms with van der Waals surface area (Å²) >= 11 is 5.75. The van der Waals surface area contributed by atoms with E-state index in [1.54, 1.807) is 14.1 Å². The molecule has 0 heterocycles. The number of carbonyl (C=O) groups excluding carboxylic acids is 1. The third kappa shape index (κ3) is 3.80. The van der Waals surface area contributed by atoms with Crippen molar-refractivity contribution in [2.45, 2.75) is 6.18 Å². The van der Waals surface area contributed by atoms with Crippen molar-refractivity contribution < 1.29 is 18.0 Å². The molecule has 0 aliphatic heterocycles. The van der Waals surface area contributed by atoms with Gasteiger partial charge in [-0.1, -0.05) is 11.6 Å². The number of hydrogen-bond acceptors (Lipinski definition) is 2. The first kappa shape index (κ1) is 14.6. The van der Waals surface area contributed by atoms with Gasteiger partial charge in [0.15, 0.2) is 0 Å². The highest BCUT2D eigenvalue weighted by atomic mass is 35.5. The van der Waals surface area contributed by atoms with Crippen LogP contribution in [0.5, 0.6) is 0 Å². The molecule has 0 saturated heterocycles. The number of nitrogens with zero attached hydrogens (tertiary/aromatic N) is 1. The minimum atomic E-state index is -4.44. The molecule has 7 heteroatoms. The van der Waals surface area contributed by atoms with Crippen molar-refractivity contribution in [2.75, 3.05) is 26.0 Å². The van der Waals surface area contributed by atoms with Gasteiger partial charge in [0.25, 0.3) is 0 Å². The average Bonchev–Trinajstić information content (AvgIpc) is 2.25. The highest BCUT2D eigenvalue weighted by Gasteiger charge is 2.30. The normalized spacial score (nSPS) is 11.2. The molecule has 0 aliphatic carbocycles. The number of nitrogens with one attached hydrogen (secondary N) is 1. The lowest BCUT2D eigenvalue weighted by atomic mass is 10.2. The number of halogens is 4. The summed E-state index contributed by atoms with van der Waals surface area (Å²) in [4.78, 5) is 12.6. The molecule has 1 aromatic rings. The Morgan fingerprint density at radius 1 is 1.39 bits per heavy atom. The average molecular weight is 281 g/mol. The summed E-state index contributed by atoms with van der Waals surface area (Å²) in [5.41, 5.74) is -0.728. The summed E-state index contributed by atoms with van der Waals surface area (Å²) in [6, 6.07) is 2.92. The zero-order valence-corrected chi connectivity index (χ0v) is 10.6. The lowest BCUT2D eigenvalue weighted by Gasteiger charge is -2.14. The van der Waals surface area contributed by atoms with Crippen molar-refractivity contribution in [3.05, 3.63) is 28.8 Å². The molecule has 1 rings (SSSR count). The molecule has 0 saturated carbocycles. The molecule has 0 spiro atoms. The summed E-state index contributed by atoms with van der Waals surface area (Å²) in [6.07, 6.45) is -4.44. The van der Waals surface area contributed by atoms with Gasteiger partial charge < -0.3 is 10.2 Å². The van der Waals surface area contributed by atoms with Crippen LogP contribution in [0.25, 0.3) is 0 Å². The van der Waals surface area contributed by atoms with Crippen LogP contribution in [-0.2, 0) is 11.0 Å². The van der Waals surface area contributed by atoms with Crippen molar-refractivity contribution in [3.8, 4) is 0 Å². The molecule has 0 unspecified atom stereocenters. The van der Waals surface area contributed by atoms with E-state index in [-0.39, 0.29) is 23.2 Å². The predicted octanol–water partition coefficient (Wildman–Crippen LogP) is 2.86. The number of carbonyl (C=O) groups is 1. The number of alkyl halides is 3. The Balaban J connectivity index is 2.85. The van der Waals surface area contributed by atoms with Gasteiger partial charge >= 0.3 is 6.18 Å². The second kappa shape index (κ2) is 5.48. The van der Waals surface area contributed by atoms with Gasteiger partial charge in [0, 0.05) is 14.1 Å². The Labute approximate surface area is 108 Å². The van der Waals surface area contributed by atoms with Gasteiger partial charge in [-0.15, -0.1) is 0 Å². The Morgan fingerprint density at radius 3 is 2.50 bits per heavy atom. The fourth-order valence-electron chi connectivity index (χ4n) is 1.17. The third-order valence-electron chi connectivity index (χ3n) is 2.22. The van der Waals surface area contributed by atoms with Gasteiger partial charge in [0.1, 0.15) is 0 Å². The first-order valence-electron chi connectivity index (χ1n) is 5.02. The van der Waals surface area contributed by atoms with Gasteiger partial charge in [-0.05, 0) is 18.2 Å². The van der Waals surface area contributed by atoms with Gasteiger partial charge in [-0.25, -0.2) is 0 Å². The van der Waals surface area contributed by atoms with Gasteiger partial charge in [-0.3, -0.25) is 4.79 Å². The van der Waals surface area contributed by atoms with E-state index in [4.69, 9.17) is 11.6 Å². The molecule has 3 nitrogen and oxygen atoms in total. The highest BCUT2D eigenvalue weighted by molar-refractivity contribution is 6.33. The van der Waals surface area contributed by atoms with Crippen LogP contribution in [-0.4, -0.2) is 31.4 Å². The molecule has 0 fully saturated rings. The summed E-state index contributed by atoms with van der Waals surface area (Å²) in [5, 5.41) is 2.72. The molecular weight excluding hydrogens is 269 g/mol. The monoisotopic (exact) mass is 280 g/mol. The number of anilines is 1. The first-order chi connectivity index (χ1) is 8.21. The van der Waals surface area contributed by atoms with E-state index in [0.717, 1.165) is 18.2 Å². The maximum atomic E-state index is 12.5. The Morgan fingerprint density at radius 2 is 2.00 bits per heavy atom. The number of likely N-dealkylation sites (N-methyl/N-ethyl adjacent to an activating group) is 1. The summed E-state index contributed by atoms with van der Waals surface area (Å²) in [6.45, 7) is -0.117. The fraction of sp³-hybridized carbons (Fsp3) is 0.364. The van der Waals surface area contributed by atoms with Gasteiger partial charge in [-0.2, -0.15) is 13.2 Å². The standard InChI is InChI=1S/C11H12ClF3N2O/c1-17(2)10(18)6-16-9-5-7(11(13,14)15)3-4-8(9)12/h3-5,16H,6H2,1-2H3. The van der Waals surface area contributed by atoms with Gasteiger partial charge in [0.05, 0.1) is 22.8 Å². The van der Waals surface area contributed by atoms with Crippen molar-refractivity contribution in [1.29, 1.82) is 0 Å². The van der Waals surface area contributed by atoms with Crippen molar-refractivity contribution >= 4 is 23.2 Å². The van der Waals surface area contributed by atoms with Crippen molar-refractivity contribution in [1.82, 2.24) is 4.90 Å². The second-order valence-electron chi connectivity index (χ2n) is 3.83. The van der Waals surface area contributed by atoms with Crippen LogP contribution in [0.3, 0.4) is 0 Å². The smallest absolute Gasteiger partial charge is 0.375 e. The SMILES string of the molecule is CN(C)C(=O)CNc1cc(C(F)(F)F)ccc1Cl. The zero-order valence-electron chi connectivity index (χ0n) is 9.81. The lowest BCUT2D eigenvalue weighted by molar-refractivity contribution is -0.137. The molecule has 1 N–H and O–H groups in total. The molecule has 0 atom stereocenters. The van der Waals surface area contributed by atoms with Gasteiger partial charge in [0.2, 0.25) is 5.91 Å². The summed E-state index contributed by atoms with van der Waals surface area (Å²) < 4.78 is 37.4. The molecule has 0 radical (unpaired) electrons. The number of rotatable bonds is 3. The minimum Gasteiger partial charge on any atom is -0.375 e. The van der Waals surface area contributed by atoms with E-state index < -0.39 is 11.7 Å². The predicted molar refractivity (Wildman–Crippen MR) is 63.6 cm³/mol. The van der Waals surface area contributed by atoms with Crippen LogP contribution in [0, 0.1) is 0 Å². The van der Waals surface area contributed by atoms with E-state index in [1.807, 2.05) is 0 Å². The minimum absolute atomic E-state index is 0.0849. The Hall–Kier alpha value is -1.43. The third-order valence-corrected chi connectivity index (χ3v) is 2.55. The molecule has 0 bridgehead atoms. The van der Waals surface area contributed by atoms with Crippen molar-refractivity contribution in [2.24, 2.45) is 0 Å². The summed E-state index contributed by atoms with van der Waals surface area (Å²) in [7, 11) is 3.11. The van der Waals surface area contributed by atoms with E-state index in [9.17, 15) is 18.0 Å². The zero-order chi connectivity index (χ0) is 13.9. The van der Waals surface area contributed by atoms with E-state index in [1.165, 1.54) is 4.90 Å². The van der Waals surface area contributed by atoms with Crippen LogP contribution in [0.15, 0.2) is 18.2 Å². The fourth-order valence-corrected chi connectivity index (χ4v) is 1.35. The maximum Gasteiger partial charge on any atom is 0.416 e. The number of benzene rings is 1. The number of amides is 1. The lowest BCUT2D eigenvalue weighted by Crippen LogP contribution is -2.28. The number of hydrogen-bond donors (Lipinski definition) is 1. The second-order valence-corrected chi connectivity index (χ2v) is 4.24. The van der Waals surface area contributed by atoms with Crippen LogP contribution < -0.4 is 5.32 Å². The van der Waals surface area contributed by atoms with Crippen LogP contribution in [0.1, 0.15) is 5.56 Å². The quantitative estimate of drug-likeness (QED) is 0.923. The van der Waals surface area contributed by atoms with Crippen LogP contribution >= 0.6 is 11.6 Å². The molecule has 1 amide bonds. The van der Waals surface area contributed by atoms with Crippen LogP contribution in [0.4, 0.5) is 18.9 Å². The summed E-state index contributed by atoms with van der Waals surface area (Å²) in [5.74, 6) is -0.261. The molecule has 0 aliphatic rings.